The SMILES string of the molecule is O=C([O-])C[C@]1(C(=O)NC2CCCCC2)CC(c2cccc([N+](=O)[O-])c2)=NO1. The van der Waals surface area contributed by atoms with Crippen molar-refractivity contribution in [2.75, 3.05) is 0 Å². The molecule has 9 nitrogen and oxygen atoms in total. The number of rotatable bonds is 6. The Morgan fingerprint density at radius 1 is 1.30 bits per heavy atom. The molecule has 1 N–H and O–H groups in total. The van der Waals surface area contributed by atoms with Crippen molar-refractivity contribution in [2.45, 2.75) is 56.6 Å². The fraction of sp³-hybridized carbons (Fsp3) is 0.500. The number of benzene rings is 1. The average molecular weight is 374 g/mol. The van der Waals surface area contributed by atoms with Crippen molar-refractivity contribution in [3.8, 4) is 0 Å². The van der Waals surface area contributed by atoms with Gasteiger partial charge >= 0.3 is 0 Å². The fourth-order valence-electron chi connectivity index (χ4n) is 3.53. The van der Waals surface area contributed by atoms with E-state index < -0.39 is 28.8 Å². The third-order valence-corrected chi connectivity index (χ3v) is 4.96. The van der Waals surface area contributed by atoms with Gasteiger partial charge in [0.05, 0.1) is 10.6 Å². The number of carbonyl (C=O) groups is 2. The minimum absolute atomic E-state index is 0.0182. The fourth-order valence-corrected chi connectivity index (χ4v) is 3.53. The van der Waals surface area contributed by atoms with E-state index in [4.69, 9.17) is 4.84 Å². The molecule has 0 saturated heterocycles. The topological polar surface area (TPSA) is 134 Å². The summed E-state index contributed by atoms with van der Waals surface area (Å²) in [6.45, 7) is 0. The van der Waals surface area contributed by atoms with Crippen LogP contribution in [0.5, 0.6) is 0 Å². The lowest BCUT2D eigenvalue weighted by Crippen LogP contribution is -2.53. The van der Waals surface area contributed by atoms with Gasteiger partial charge in [-0.05, 0) is 12.8 Å². The molecule has 0 radical (unpaired) electrons. The standard InChI is InChI=1S/C18H21N3O6/c22-16(23)11-18(17(24)19-13-6-2-1-3-7-13)10-15(20-27-18)12-5-4-8-14(9-12)21(25)26/h4-5,8-9,13H,1-3,6-7,10-11H2,(H,19,24)(H,22,23)/p-1/t18-/m0/s1. The van der Waals surface area contributed by atoms with E-state index in [2.05, 4.69) is 10.5 Å². The number of nitrogens with zero attached hydrogens (tertiary/aromatic N) is 2. The van der Waals surface area contributed by atoms with Crippen LogP contribution in [0.2, 0.25) is 0 Å². The molecule has 0 aromatic heterocycles. The molecule has 3 rings (SSSR count). The molecule has 1 aromatic carbocycles. The molecule has 1 heterocycles. The van der Waals surface area contributed by atoms with Crippen LogP contribution in [0.25, 0.3) is 0 Å². The Hall–Kier alpha value is -2.97. The van der Waals surface area contributed by atoms with Crippen molar-refractivity contribution in [3.05, 3.63) is 39.9 Å². The predicted octanol–water partition coefficient (Wildman–Crippen LogP) is 1.05. The van der Waals surface area contributed by atoms with Gasteiger partial charge in [-0.1, -0.05) is 36.6 Å². The van der Waals surface area contributed by atoms with Crippen molar-refractivity contribution in [1.29, 1.82) is 0 Å². The number of oxime groups is 1. The molecule has 1 fully saturated rings. The lowest BCUT2D eigenvalue weighted by atomic mass is 9.88. The molecule has 144 valence electrons. The molecule has 0 spiro atoms. The highest BCUT2D eigenvalue weighted by atomic mass is 16.7. The van der Waals surface area contributed by atoms with Crippen LogP contribution in [0.3, 0.4) is 0 Å². The maximum atomic E-state index is 12.8. The zero-order valence-corrected chi connectivity index (χ0v) is 14.7. The summed E-state index contributed by atoms with van der Waals surface area (Å²) < 4.78 is 0. The van der Waals surface area contributed by atoms with E-state index in [1.807, 2.05) is 0 Å². The van der Waals surface area contributed by atoms with Gasteiger partial charge < -0.3 is 20.1 Å². The molecular weight excluding hydrogens is 354 g/mol. The van der Waals surface area contributed by atoms with Gasteiger partial charge in [-0.25, -0.2) is 0 Å². The predicted molar refractivity (Wildman–Crippen MR) is 92.7 cm³/mol. The first-order chi connectivity index (χ1) is 12.9. The van der Waals surface area contributed by atoms with Crippen LogP contribution < -0.4 is 10.4 Å². The van der Waals surface area contributed by atoms with Gasteiger partial charge in [0.25, 0.3) is 11.6 Å². The number of hydrogen-bond donors (Lipinski definition) is 1. The van der Waals surface area contributed by atoms with E-state index in [1.54, 1.807) is 6.07 Å². The second kappa shape index (κ2) is 7.73. The van der Waals surface area contributed by atoms with Crippen molar-refractivity contribution < 1.29 is 24.5 Å². The van der Waals surface area contributed by atoms with Crippen molar-refractivity contribution in [1.82, 2.24) is 5.32 Å². The summed E-state index contributed by atoms with van der Waals surface area (Å²) in [5, 5.41) is 28.9. The highest BCUT2D eigenvalue weighted by Gasteiger charge is 2.47. The van der Waals surface area contributed by atoms with E-state index in [1.165, 1.54) is 18.2 Å². The quantitative estimate of drug-likeness (QED) is 0.584. The van der Waals surface area contributed by atoms with E-state index in [-0.39, 0.29) is 18.2 Å². The van der Waals surface area contributed by atoms with Gasteiger partial charge in [-0.15, -0.1) is 0 Å². The molecule has 1 aliphatic carbocycles. The summed E-state index contributed by atoms with van der Waals surface area (Å²) in [5.74, 6) is -1.97. The third kappa shape index (κ3) is 4.24. The van der Waals surface area contributed by atoms with E-state index in [0.29, 0.717) is 11.3 Å². The lowest BCUT2D eigenvalue weighted by Gasteiger charge is -2.30. The number of carbonyl (C=O) groups excluding carboxylic acids is 2. The number of nitro benzene ring substituents is 1. The Kier molecular flexibility index (Phi) is 5.38. The average Bonchev–Trinajstić information content (AvgIpc) is 3.07. The largest absolute Gasteiger partial charge is 0.550 e. The Morgan fingerprint density at radius 2 is 2.04 bits per heavy atom. The van der Waals surface area contributed by atoms with Crippen molar-refractivity contribution in [3.63, 3.8) is 0 Å². The molecule has 27 heavy (non-hydrogen) atoms. The van der Waals surface area contributed by atoms with Gasteiger partial charge in [-0.3, -0.25) is 14.9 Å². The lowest BCUT2D eigenvalue weighted by molar-refractivity contribution is -0.384. The number of carboxylic acid groups (broad SMARTS) is 1. The maximum Gasteiger partial charge on any atom is 0.270 e. The minimum Gasteiger partial charge on any atom is -0.550 e. The molecule has 1 aromatic rings. The normalized spacial score (nSPS) is 22.6. The zero-order chi connectivity index (χ0) is 19.4. The van der Waals surface area contributed by atoms with E-state index >= 15 is 0 Å². The zero-order valence-electron chi connectivity index (χ0n) is 14.7. The highest BCUT2D eigenvalue weighted by molar-refractivity contribution is 6.06. The summed E-state index contributed by atoms with van der Waals surface area (Å²) in [6, 6.07) is 5.73. The number of amides is 1. The first-order valence-electron chi connectivity index (χ1n) is 8.90. The summed E-state index contributed by atoms with van der Waals surface area (Å²) in [4.78, 5) is 39.8. The van der Waals surface area contributed by atoms with Crippen LogP contribution in [0, 0.1) is 10.1 Å². The molecule has 2 aliphatic rings. The van der Waals surface area contributed by atoms with E-state index in [0.717, 1.165) is 32.1 Å². The Bertz CT molecular complexity index is 787. The molecule has 0 unspecified atom stereocenters. The highest BCUT2D eigenvalue weighted by Crippen LogP contribution is 2.32. The van der Waals surface area contributed by atoms with Gasteiger partial charge in [0.15, 0.2) is 0 Å². The molecular formula is C18H20N3O6-. The first-order valence-corrected chi connectivity index (χ1v) is 8.90. The van der Waals surface area contributed by atoms with Crippen LogP contribution in [0.1, 0.15) is 50.5 Å². The number of non-ortho nitro benzene ring substituents is 1. The van der Waals surface area contributed by atoms with Crippen molar-refractivity contribution >= 4 is 23.3 Å². The van der Waals surface area contributed by atoms with Gasteiger partial charge in [-0.2, -0.15) is 0 Å². The molecule has 0 bridgehead atoms. The van der Waals surface area contributed by atoms with Crippen LogP contribution in [0.4, 0.5) is 5.69 Å². The van der Waals surface area contributed by atoms with Gasteiger partial charge in [0.1, 0.15) is 0 Å². The third-order valence-electron chi connectivity index (χ3n) is 4.96. The van der Waals surface area contributed by atoms with Crippen LogP contribution in [-0.4, -0.2) is 34.2 Å². The van der Waals surface area contributed by atoms with Crippen LogP contribution in [0.15, 0.2) is 29.4 Å². The minimum atomic E-state index is -1.70. The number of carboxylic acids is 1. The molecule has 1 aliphatic heterocycles. The first kappa shape index (κ1) is 18.8. The molecule has 1 atom stereocenters. The number of aliphatic carboxylic acids is 1. The molecule has 1 saturated carbocycles. The monoisotopic (exact) mass is 374 g/mol. The number of hydrogen-bond acceptors (Lipinski definition) is 7. The Morgan fingerprint density at radius 3 is 2.70 bits per heavy atom. The number of nitrogens with one attached hydrogen (secondary N) is 1. The Balaban J connectivity index is 1.78. The summed E-state index contributed by atoms with van der Waals surface area (Å²) >= 11 is 0. The maximum absolute atomic E-state index is 12.8. The number of nitro groups is 1. The van der Waals surface area contributed by atoms with Gasteiger partial charge in [0, 0.05) is 42.5 Å². The Labute approximate surface area is 155 Å². The summed E-state index contributed by atoms with van der Waals surface area (Å²) in [7, 11) is 0. The van der Waals surface area contributed by atoms with Gasteiger partial charge in [0.2, 0.25) is 5.60 Å². The van der Waals surface area contributed by atoms with Crippen molar-refractivity contribution in [2.24, 2.45) is 5.16 Å². The van der Waals surface area contributed by atoms with Crippen LogP contribution >= 0.6 is 0 Å². The summed E-state index contributed by atoms with van der Waals surface area (Å²) in [6.07, 6.45) is 4.07. The van der Waals surface area contributed by atoms with E-state index in [9.17, 15) is 24.8 Å². The smallest absolute Gasteiger partial charge is 0.270 e. The molecule has 1 amide bonds. The second-order valence-corrected chi connectivity index (χ2v) is 6.96. The molecule has 9 heteroatoms. The van der Waals surface area contributed by atoms with Crippen LogP contribution in [-0.2, 0) is 14.4 Å². The summed E-state index contributed by atoms with van der Waals surface area (Å²) in [5.41, 5.74) is -1.12. The second-order valence-electron chi connectivity index (χ2n) is 6.96.